The predicted molar refractivity (Wildman–Crippen MR) is 72.1 cm³/mol. The van der Waals surface area contributed by atoms with Crippen molar-refractivity contribution in [2.45, 2.75) is 13.3 Å². The molecule has 0 saturated carbocycles. The Kier molecular flexibility index (Phi) is 6.41. The molecule has 1 aliphatic rings. The van der Waals surface area contributed by atoms with Gasteiger partial charge >= 0.3 is 0 Å². The molecule has 1 fully saturated rings. The van der Waals surface area contributed by atoms with Gasteiger partial charge in [0, 0.05) is 45.7 Å². The summed E-state index contributed by atoms with van der Waals surface area (Å²) in [4.78, 5) is 4.91. The first kappa shape index (κ1) is 14.9. The summed E-state index contributed by atoms with van der Waals surface area (Å²) in [5, 5.41) is 8.89. The molecule has 0 bridgehead atoms. The highest BCUT2D eigenvalue weighted by molar-refractivity contribution is 4.71. The highest BCUT2D eigenvalue weighted by Gasteiger charge is 2.17. The maximum absolute atomic E-state index is 8.89. The van der Waals surface area contributed by atoms with Gasteiger partial charge in [-0.25, -0.2) is 0 Å². The lowest BCUT2D eigenvalue weighted by molar-refractivity contribution is -0.888. The number of aliphatic hydroxyl groups excluding tert-OH is 1. The molecule has 0 aliphatic carbocycles. The topological polar surface area (TPSA) is 26.7 Å². The normalized spacial score (nSPS) is 19.8. The van der Waals surface area contributed by atoms with Crippen LogP contribution in [0.2, 0.25) is 0 Å². The molecule has 0 aromatic rings. The number of quaternary nitrogens is 1. The van der Waals surface area contributed by atoms with Crippen LogP contribution in [0.15, 0.2) is 0 Å². The number of rotatable bonds is 7. The Morgan fingerprint density at radius 3 is 2.00 bits per heavy atom. The van der Waals surface area contributed by atoms with Gasteiger partial charge in [-0.2, -0.15) is 0 Å². The van der Waals surface area contributed by atoms with Gasteiger partial charge in [0.25, 0.3) is 0 Å². The van der Waals surface area contributed by atoms with E-state index in [4.69, 9.17) is 5.11 Å². The standard InChI is InChI=1S/C13H30N3O/c1-4-16(2,3)12-5-6-14-7-9-15(10-8-14)11-13-17/h17H,4-13H2,1-3H3/q+1. The summed E-state index contributed by atoms with van der Waals surface area (Å²) < 4.78 is 1.13. The van der Waals surface area contributed by atoms with Gasteiger partial charge in [0.2, 0.25) is 0 Å². The highest BCUT2D eigenvalue weighted by Crippen LogP contribution is 2.04. The average Bonchev–Trinajstić information content (AvgIpc) is 2.32. The number of hydrogen-bond donors (Lipinski definition) is 1. The van der Waals surface area contributed by atoms with Crippen LogP contribution in [0.1, 0.15) is 13.3 Å². The van der Waals surface area contributed by atoms with Gasteiger partial charge in [0.1, 0.15) is 0 Å². The van der Waals surface area contributed by atoms with E-state index < -0.39 is 0 Å². The van der Waals surface area contributed by atoms with Crippen LogP contribution in [-0.4, -0.2) is 92.4 Å². The van der Waals surface area contributed by atoms with Crippen molar-refractivity contribution in [3.05, 3.63) is 0 Å². The molecule has 0 atom stereocenters. The van der Waals surface area contributed by atoms with E-state index in [0.29, 0.717) is 6.61 Å². The van der Waals surface area contributed by atoms with Gasteiger partial charge in [-0.3, -0.25) is 4.90 Å². The number of β-amino-alcohol motifs (C(OH)–C–C–N with tert-alkyl or cyclic N) is 1. The minimum Gasteiger partial charge on any atom is -0.395 e. The number of hydrogen-bond acceptors (Lipinski definition) is 3. The molecule has 102 valence electrons. The maximum Gasteiger partial charge on any atom is 0.0794 e. The molecule has 1 aliphatic heterocycles. The Morgan fingerprint density at radius 1 is 1.00 bits per heavy atom. The minimum atomic E-state index is 0.294. The Balaban J connectivity index is 2.10. The molecule has 0 radical (unpaired) electrons. The van der Waals surface area contributed by atoms with Crippen molar-refractivity contribution in [3.8, 4) is 0 Å². The van der Waals surface area contributed by atoms with Crippen LogP contribution in [0.5, 0.6) is 0 Å². The van der Waals surface area contributed by atoms with Gasteiger partial charge in [-0.1, -0.05) is 0 Å². The fourth-order valence-corrected chi connectivity index (χ4v) is 2.26. The van der Waals surface area contributed by atoms with Crippen molar-refractivity contribution >= 4 is 0 Å². The SMILES string of the molecule is CC[N+](C)(C)CCCN1CCN(CCO)CC1. The van der Waals surface area contributed by atoms with Crippen LogP contribution < -0.4 is 0 Å². The van der Waals surface area contributed by atoms with Crippen molar-refractivity contribution in [2.75, 3.05) is 73.1 Å². The molecular weight excluding hydrogens is 214 g/mol. The molecule has 1 rings (SSSR count). The third-order valence-corrected chi connectivity index (χ3v) is 3.97. The Labute approximate surface area is 106 Å². The number of aliphatic hydroxyl groups is 1. The van der Waals surface area contributed by atoms with Gasteiger partial charge in [-0.15, -0.1) is 0 Å². The van der Waals surface area contributed by atoms with E-state index in [9.17, 15) is 0 Å². The first-order valence-electron chi connectivity index (χ1n) is 6.95. The molecule has 1 N–H and O–H groups in total. The van der Waals surface area contributed by atoms with Crippen molar-refractivity contribution in [2.24, 2.45) is 0 Å². The quantitative estimate of drug-likeness (QED) is 0.643. The van der Waals surface area contributed by atoms with Gasteiger partial charge in [0.15, 0.2) is 0 Å². The maximum atomic E-state index is 8.89. The summed E-state index contributed by atoms with van der Waals surface area (Å²) in [6, 6.07) is 0. The summed E-state index contributed by atoms with van der Waals surface area (Å²) in [7, 11) is 4.61. The molecule has 1 saturated heterocycles. The Morgan fingerprint density at radius 2 is 1.53 bits per heavy atom. The van der Waals surface area contributed by atoms with Gasteiger partial charge < -0.3 is 14.5 Å². The van der Waals surface area contributed by atoms with Crippen LogP contribution >= 0.6 is 0 Å². The molecule has 0 spiro atoms. The fraction of sp³-hybridized carbons (Fsp3) is 1.00. The fourth-order valence-electron chi connectivity index (χ4n) is 2.26. The van der Waals surface area contributed by atoms with Gasteiger partial charge in [0.05, 0.1) is 33.8 Å². The molecule has 17 heavy (non-hydrogen) atoms. The van der Waals surface area contributed by atoms with Crippen LogP contribution in [0.25, 0.3) is 0 Å². The lowest BCUT2D eigenvalue weighted by atomic mass is 10.2. The Bertz CT molecular complexity index is 201. The van der Waals surface area contributed by atoms with Crippen molar-refractivity contribution < 1.29 is 9.59 Å². The first-order chi connectivity index (χ1) is 8.07. The second kappa shape index (κ2) is 7.31. The van der Waals surface area contributed by atoms with Crippen LogP contribution in [-0.2, 0) is 0 Å². The minimum absolute atomic E-state index is 0.294. The van der Waals surface area contributed by atoms with Crippen molar-refractivity contribution in [1.82, 2.24) is 9.80 Å². The molecule has 0 amide bonds. The van der Waals surface area contributed by atoms with Crippen molar-refractivity contribution in [1.29, 1.82) is 0 Å². The second-order valence-electron chi connectivity index (χ2n) is 5.74. The van der Waals surface area contributed by atoms with E-state index >= 15 is 0 Å². The zero-order valence-corrected chi connectivity index (χ0v) is 11.9. The van der Waals surface area contributed by atoms with E-state index in [1.807, 2.05) is 0 Å². The van der Waals surface area contributed by atoms with Crippen molar-refractivity contribution in [3.63, 3.8) is 0 Å². The largest absolute Gasteiger partial charge is 0.395 e. The predicted octanol–water partition coefficient (Wildman–Crippen LogP) is 0.0827. The monoisotopic (exact) mass is 244 g/mol. The van der Waals surface area contributed by atoms with E-state index in [1.165, 1.54) is 39.1 Å². The van der Waals surface area contributed by atoms with E-state index in [1.54, 1.807) is 0 Å². The van der Waals surface area contributed by atoms with E-state index in [-0.39, 0.29) is 0 Å². The molecule has 1 heterocycles. The molecule has 0 aromatic heterocycles. The van der Waals surface area contributed by atoms with Crippen LogP contribution in [0, 0.1) is 0 Å². The molecule has 4 nitrogen and oxygen atoms in total. The van der Waals surface area contributed by atoms with E-state index in [2.05, 4.69) is 30.8 Å². The first-order valence-corrected chi connectivity index (χ1v) is 6.95. The average molecular weight is 244 g/mol. The summed E-state index contributed by atoms with van der Waals surface area (Å²) in [5.41, 5.74) is 0. The zero-order valence-electron chi connectivity index (χ0n) is 11.9. The summed E-state index contributed by atoms with van der Waals surface area (Å²) in [6.45, 7) is 11.7. The second-order valence-corrected chi connectivity index (χ2v) is 5.74. The third-order valence-electron chi connectivity index (χ3n) is 3.97. The number of nitrogens with zero attached hydrogens (tertiary/aromatic N) is 3. The highest BCUT2D eigenvalue weighted by atomic mass is 16.3. The Hall–Kier alpha value is -0.160. The molecule has 4 heteroatoms. The van der Waals surface area contributed by atoms with Gasteiger partial charge in [-0.05, 0) is 6.92 Å². The number of piperazine rings is 1. The van der Waals surface area contributed by atoms with Crippen LogP contribution in [0.4, 0.5) is 0 Å². The molecular formula is C13H30N3O+. The lowest BCUT2D eigenvalue weighted by Gasteiger charge is -2.35. The third kappa shape index (κ3) is 5.82. The molecule has 0 unspecified atom stereocenters. The summed E-state index contributed by atoms with van der Waals surface area (Å²) >= 11 is 0. The zero-order chi connectivity index (χ0) is 12.7. The van der Waals surface area contributed by atoms with E-state index in [0.717, 1.165) is 24.1 Å². The summed E-state index contributed by atoms with van der Waals surface area (Å²) in [5.74, 6) is 0. The van der Waals surface area contributed by atoms with Crippen LogP contribution in [0.3, 0.4) is 0 Å². The summed E-state index contributed by atoms with van der Waals surface area (Å²) in [6.07, 6.45) is 1.29. The smallest absolute Gasteiger partial charge is 0.0794 e. The molecule has 0 aromatic carbocycles. The lowest BCUT2D eigenvalue weighted by Crippen LogP contribution is -2.48.